The third-order valence-electron chi connectivity index (χ3n) is 4.56. The maximum atomic E-state index is 12.8. The summed E-state index contributed by atoms with van der Waals surface area (Å²) in [5, 5.41) is 13.4. The molecule has 0 radical (unpaired) electrons. The van der Waals surface area contributed by atoms with E-state index in [1.165, 1.54) is 46.8 Å². The summed E-state index contributed by atoms with van der Waals surface area (Å²) in [5.41, 5.74) is 0.802. The summed E-state index contributed by atoms with van der Waals surface area (Å²) in [5.74, 6) is -0.468. The Morgan fingerprint density at radius 1 is 1.07 bits per heavy atom. The fourth-order valence-corrected chi connectivity index (χ4v) is 4.65. The Labute approximate surface area is 169 Å². The van der Waals surface area contributed by atoms with Crippen LogP contribution in [0.5, 0.6) is 0 Å². The van der Waals surface area contributed by atoms with E-state index < -0.39 is 20.9 Å². The van der Waals surface area contributed by atoms with Gasteiger partial charge in [-0.1, -0.05) is 24.6 Å². The predicted octanol–water partition coefficient (Wildman–Crippen LogP) is 3.42. The standard InChI is InChI=1S/C20H21N3O5S/c24-20(11-10-16-6-4-8-18(14-16)23(25)26)21-17-7-5-9-19(15-17)29(27,28)22-12-2-1-3-13-22/h4-11,14-15H,1-3,12-13H2,(H,21,24)/b11-10+. The summed E-state index contributed by atoms with van der Waals surface area (Å²) in [6.45, 7) is 1.01. The SMILES string of the molecule is O=C(/C=C/c1cccc([N+](=O)[O-])c1)Nc1cccc(S(=O)(=O)N2CCCCC2)c1. The monoisotopic (exact) mass is 415 g/mol. The third-order valence-corrected chi connectivity index (χ3v) is 6.46. The van der Waals surface area contributed by atoms with E-state index in [0.29, 0.717) is 24.3 Å². The number of nitrogens with zero attached hydrogens (tertiary/aromatic N) is 2. The fourth-order valence-electron chi connectivity index (χ4n) is 3.09. The molecule has 1 saturated heterocycles. The second-order valence-electron chi connectivity index (χ2n) is 6.67. The zero-order valence-corrected chi connectivity index (χ0v) is 16.5. The smallest absolute Gasteiger partial charge is 0.270 e. The lowest BCUT2D eigenvalue weighted by molar-refractivity contribution is -0.384. The van der Waals surface area contributed by atoms with Crippen LogP contribution in [-0.4, -0.2) is 36.6 Å². The minimum Gasteiger partial charge on any atom is -0.322 e. The Morgan fingerprint density at radius 2 is 1.79 bits per heavy atom. The molecule has 0 bridgehead atoms. The number of anilines is 1. The van der Waals surface area contributed by atoms with Gasteiger partial charge < -0.3 is 5.32 Å². The highest BCUT2D eigenvalue weighted by Gasteiger charge is 2.26. The van der Waals surface area contributed by atoms with Gasteiger partial charge in [0.25, 0.3) is 5.69 Å². The molecular weight excluding hydrogens is 394 g/mol. The normalized spacial score (nSPS) is 15.3. The topological polar surface area (TPSA) is 110 Å². The van der Waals surface area contributed by atoms with Gasteiger partial charge in [-0.2, -0.15) is 4.31 Å². The Kier molecular flexibility index (Phi) is 6.40. The molecule has 1 aliphatic heterocycles. The molecule has 0 unspecified atom stereocenters. The minimum atomic E-state index is -3.59. The van der Waals surface area contributed by atoms with Crippen LogP contribution in [0.3, 0.4) is 0 Å². The highest BCUT2D eigenvalue weighted by atomic mass is 32.2. The number of sulfonamides is 1. The summed E-state index contributed by atoms with van der Waals surface area (Å²) >= 11 is 0. The van der Waals surface area contributed by atoms with Crippen molar-refractivity contribution in [2.24, 2.45) is 0 Å². The van der Waals surface area contributed by atoms with E-state index in [-0.39, 0.29) is 10.6 Å². The second kappa shape index (κ2) is 8.97. The van der Waals surface area contributed by atoms with Crippen LogP contribution in [0, 0.1) is 10.1 Å². The minimum absolute atomic E-state index is 0.0665. The van der Waals surface area contributed by atoms with Crippen molar-refractivity contribution in [2.45, 2.75) is 24.2 Å². The fraction of sp³-hybridized carbons (Fsp3) is 0.250. The van der Waals surface area contributed by atoms with E-state index in [4.69, 9.17) is 0 Å². The average Bonchev–Trinajstić information content (AvgIpc) is 2.73. The van der Waals surface area contributed by atoms with Crippen LogP contribution in [0.1, 0.15) is 24.8 Å². The molecule has 9 heteroatoms. The Morgan fingerprint density at radius 3 is 2.52 bits per heavy atom. The van der Waals surface area contributed by atoms with Gasteiger partial charge in [0.2, 0.25) is 15.9 Å². The zero-order valence-electron chi connectivity index (χ0n) is 15.7. The molecule has 1 aliphatic rings. The van der Waals surface area contributed by atoms with Crippen molar-refractivity contribution in [3.63, 3.8) is 0 Å². The molecule has 0 atom stereocenters. The molecular formula is C20H21N3O5S. The van der Waals surface area contributed by atoms with Crippen LogP contribution in [-0.2, 0) is 14.8 Å². The molecule has 0 spiro atoms. The van der Waals surface area contributed by atoms with Gasteiger partial charge in [0.15, 0.2) is 0 Å². The van der Waals surface area contributed by atoms with Gasteiger partial charge in [-0.3, -0.25) is 14.9 Å². The van der Waals surface area contributed by atoms with Gasteiger partial charge in [0.05, 0.1) is 9.82 Å². The quantitative estimate of drug-likeness (QED) is 0.442. The second-order valence-corrected chi connectivity index (χ2v) is 8.61. The molecule has 1 N–H and O–H groups in total. The van der Waals surface area contributed by atoms with Crippen LogP contribution in [0.4, 0.5) is 11.4 Å². The number of rotatable bonds is 6. The molecule has 8 nitrogen and oxygen atoms in total. The van der Waals surface area contributed by atoms with Crippen molar-refractivity contribution in [1.29, 1.82) is 0 Å². The number of hydrogen-bond acceptors (Lipinski definition) is 5. The first-order chi connectivity index (χ1) is 13.9. The van der Waals surface area contributed by atoms with Crippen molar-refractivity contribution < 1.29 is 18.1 Å². The van der Waals surface area contributed by atoms with Gasteiger partial charge in [0.1, 0.15) is 0 Å². The number of piperidine rings is 1. The number of amides is 1. The number of nitro groups is 1. The number of nitro benzene ring substituents is 1. The lowest BCUT2D eigenvalue weighted by Crippen LogP contribution is -2.35. The van der Waals surface area contributed by atoms with Crippen LogP contribution in [0.25, 0.3) is 6.08 Å². The number of benzene rings is 2. The Bertz CT molecular complexity index is 1040. The van der Waals surface area contributed by atoms with Crippen molar-refractivity contribution >= 4 is 33.4 Å². The molecule has 1 amide bonds. The molecule has 0 saturated carbocycles. The van der Waals surface area contributed by atoms with E-state index in [9.17, 15) is 23.3 Å². The van der Waals surface area contributed by atoms with Crippen LogP contribution >= 0.6 is 0 Å². The van der Waals surface area contributed by atoms with Gasteiger partial charge >= 0.3 is 0 Å². The van der Waals surface area contributed by atoms with E-state index in [1.807, 2.05) is 0 Å². The molecule has 1 fully saturated rings. The summed E-state index contributed by atoms with van der Waals surface area (Å²) in [6, 6.07) is 12.0. The maximum Gasteiger partial charge on any atom is 0.270 e. The van der Waals surface area contributed by atoms with E-state index in [2.05, 4.69) is 5.32 Å². The number of nitrogens with one attached hydrogen (secondary N) is 1. The maximum absolute atomic E-state index is 12.8. The van der Waals surface area contributed by atoms with Gasteiger partial charge in [0, 0.05) is 37.0 Å². The Hall–Kier alpha value is -3.04. The third kappa shape index (κ3) is 5.27. The summed E-state index contributed by atoms with van der Waals surface area (Å²) in [4.78, 5) is 22.6. The van der Waals surface area contributed by atoms with Gasteiger partial charge in [-0.05, 0) is 42.7 Å². The highest BCUT2D eigenvalue weighted by Crippen LogP contribution is 2.23. The molecule has 2 aromatic rings. The van der Waals surface area contributed by atoms with Crippen LogP contribution in [0.2, 0.25) is 0 Å². The van der Waals surface area contributed by atoms with E-state index in [1.54, 1.807) is 18.2 Å². The number of non-ortho nitro benzene ring substituents is 1. The van der Waals surface area contributed by atoms with Crippen molar-refractivity contribution in [3.8, 4) is 0 Å². The van der Waals surface area contributed by atoms with Crippen molar-refractivity contribution in [1.82, 2.24) is 4.31 Å². The first-order valence-electron chi connectivity index (χ1n) is 9.20. The number of carbonyl (C=O) groups excluding carboxylic acids is 1. The summed E-state index contributed by atoms with van der Waals surface area (Å²) in [7, 11) is -3.59. The lowest BCUT2D eigenvalue weighted by atomic mass is 10.2. The van der Waals surface area contributed by atoms with Crippen molar-refractivity contribution in [3.05, 3.63) is 70.3 Å². The lowest BCUT2D eigenvalue weighted by Gasteiger charge is -2.26. The van der Waals surface area contributed by atoms with E-state index in [0.717, 1.165) is 19.3 Å². The zero-order chi connectivity index (χ0) is 20.9. The Balaban J connectivity index is 1.70. The molecule has 152 valence electrons. The first-order valence-corrected chi connectivity index (χ1v) is 10.6. The number of hydrogen-bond donors (Lipinski definition) is 1. The van der Waals surface area contributed by atoms with Crippen molar-refractivity contribution in [2.75, 3.05) is 18.4 Å². The van der Waals surface area contributed by atoms with Gasteiger partial charge in [-0.25, -0.2) is 8.42 Å². The van der Waals surface area contributed by atoms with E-state index >= 15 is 0 Å². The van der Waals surface area contributed by atoms with Crippen LogP contribution < -0.4 is 5.32 Å². The molecule has 29 heavy (non-hydrogen) atoms. The molecule has 3 rings (SSSR count). The highest BCUT2D eigenvalue weighted by molar-refractivity contribution is 7.89. The summed E-state index contributed by atoms with van der Waals surface area (Å²) < 4.78 is 27.0. The predicted molar refractivity (Wildman–Crippen MR) is 110 cm³/mol. The van der Waals surface area contributed by atoms with Gasteiger partial charge in [-0.15, -0.1) is 0 Å². The summed E-state index contributed by atoms with van der Waals surface area (Å²) in [6.07, 6.45) is 5.41. The first kappa shape index (κ1) is 20.7. The molecule has 0 aliphatic carbocycles. The molecule has 0 aromatic heterocycles. The molecule has 1 heterocycles. The van der Waals surface area contributed by atoms with Crippen LogP contribution in [0.15, 0.2) is 59.5 Å². The number of carbonyl (C=O) groups is 1. The average molecular weight is 415 g/mol. The largest absolute Gasteiger partial charge is 0.322 e. The molecule has 2 aromatic carbocycles.